The van der Waals surface area contributed by atoms with Crippen LogP contribution in [0.5, 0.6) is 0 Å². The molecule has 0 fully saturated rings. The molecule has 90 valence electrons. The molecule has 1 aromatic carbocycles. The predicted molar refractivity (Wildman–Crippen MR) is 67.0 cm³/mol. The summed E-state index contributed by atoms with van der Waals surface area (Å²) >= 11 is 0. The van der Waals surface area contributed by atoms with E-state index in [2.05, 4.69) is 12.1 Å². The quantitative estimate of drug-likeness (QED) is 0.658. The van der Waals surface area contributed by atoms with E-state index in [9.17, 15) is 0 Å². The number of hydrogen-bond donors (Lipinski definition) is 2. The fraction of sp³-hybridized carbons (Fsp3) is 0.538. The summed E-state index contributed by atoms with van der Waals surface area (Å²) in [7, 11) is 0. The molecular weight excluding hydrogens is 200 g/mol. The highest BCUT2D eigenvalue weighted by Gasteiger charge is 2.02. The van der Waals surface area contributed by atoms with Crippen LogP contribution in [0.1, 0.15) is 24.8 Å². The van der Waals surface area contributed by atoms with Crippen LogP contribution in [0.2, 0.25) is 0 Å². The molecule has 0 aliphatic rings. The van der Waals surface area contributed by atoms with Crippen LogP contribution < -0.4 is 11.5 Å². The molecule has 0 saturated carbocycles. The Morgan fingerprint density at radius 3 is 2.56 bits per heavy atom. The third-order valence-electron chi connectivity index (χ3n) is 2.47. The normalized spacial score (nSPS) is 12.6. The second-order valence-electron chi connectivity index (χ2n) is 4.05. The average Bonchev–Trinajstić information content (AvgIpc) is 2.31. The Kier molecular flexibility index (Phi) is 6.81. The van der Waals surface area contributed by atoms with Crippen molar-refractivity contribution in [2.75, 3.05) is 13.2 Å². The first-order valence-electron chi connectivity index (χ1n) is 5.90. The first-order chi connectivity index (χ1) is 7.83. The number of rotatable bonds is 8. The molecule has 0 aliphatic carbocycles. The van der Waals surface area contributed by atoms with Crippen molar-refractivity contribution in [3.8, 4) is 0 Å². The van der Waals surface area contributed by atoms with E-state index in [0.29, 0.717) is 13.2 Å². The van der Waals surface area contributed by atoms with Gasteiger partial charge in [0.25, 0.3) is 0 Å². The van der Waals surface area contributed by atoms with Gasteiger partial charge in [0.05, 0.1) is 13.2 Å². The molecule has 1 aromatic rings. The van der Waals surface area contributed by atoms with Gasteiger partial charge in [-0.25, -0.2) is 0 Å². The molecule has 0 aromatic heterocycles. The lowest BCUT2D eigenvalue weighted by Crippen LogP contribution is -2.26. The van der Waals surface area contributed by atoms with Crippen molar-refractivity contribution in [3.63, 3.8) is 0 Å². The molecule has 1 rings (SSSR count). The molecule has 1 atom stereocenters. The van der Waals surface area contributed by atoms with Gasteiger partial charge in [0, 0.05) is 6.04 Å². The lowest BCUT2D eigenvalue weighted by molar-refractivity contribution is 0.105. The van der Waals surface area contributed by atoms with E-state index in [1.54, 1.807) is 0 Å². The van der Waals surface area contributed by atoms with Gasteiger partial charge in [0.2, 0.25) is 0 Å². The largest absolute Gasteiger partial charge is 0.375 e. The van der Waals surface area contributed by atoms with Crippen LogP contribution in [0.3, 0.4) is 0 Å². The summed E-state index contributed by atoms with van der Waals surface area (Å²) in [6, 6.07) is 10.3. The SMILES string of the molecule is NCCCCC(N)COCc1ccccc1. The molecule has 1 unspecified atom stereocenters. The van der Waals surface area contributed by atoms with Crippen molar-refractivity contribution in [1.29, 1.82) is 0 Å². The molecule has 3 nitrogen and oxygen atoms in total. The molecule has 0 radical (unpaired) electrons. The third-order valence-corrected chi connectivity index (χ3v) is 2.47. The highest BCUT2D eigenvalue weighted by molar-refractivity contribution is 5.13. The second kappa shape index (κ2) is 8.28. The first kappa shape index (κ1) is 13.2. The Morgan fingerprint density at radius 2 is 1.88 bits per heavy atom. The minimum absolute atomic E-state index is 0.135. The summed E-state index contributed by atoms with van der Waals surface area (Å²) in [6.45, 7) is 2.02. The van der Waals surface area contributed by atoms with E-state index in [1.165, 1.54) is 5.56 Å². The van der Waals surface area contributed by atoms with Crippen LogP contribution in [0.25, 0.3) is 0 Å². The molecular formula is C13H22N2O. The Labute approximate surface area is 97.8 Å². The van der Waals surface area contributed by atoms with Gasteiger partial charge in [0.15, 0.2) is 0 Å². The van der Waals surface area contributed by atoms with Crippen LogP contribution in [0.15, 0.2) is 30.3 Å². The standard InChI is InChI=1S/C13H22N2O/c14-9-5-4-8-13(15)11-16-10-12-6-2-1-3-7-12/h1-3,6-7,13H,4-5,8-11,14-15H2. The highest BCUT2D eigenvalue weighted by atomic mass is 16.5. The molecule has 0 bridgehead atoms. The Morgan fingerprint density at radius 1 is 1.12 bits per heavy atom. The van der Waals surface area contributed by atoms with Gasteiger partial charge in [-0.05, 0) is 24.9 Å². The monoisotopic (exact) mass is 222 g/mol. The molecule has 0 heterocycles. The summed E-state index contributed by atoms with van der Waals surface area (Å²) in [4.78, 5) is 0. The molecule has 3 heteroatoms. The Bertz CT molecular complexity index is 264. The highest BCUT2D eigenvalue weighted by Crippen LogP contribution is 2.03. The zero-order valence-electron chi connectivity index (χ0n) is 9.77. The average molecular weight is 222 g/mol. The summed E-state index contributed by atoms with van der Waals surface area (Å²) < 4.78 is 5.56. The molecule has 0 amide bonds. The zero-order valence-corrected chi connectivity index (χ0v) is 9.77. The van der Waals surface area contributed by atoms with E-state index < -0.39 is 0 Å². The van der Waals surface area contributed by atoms with Crippen LogP contribution in [0.4, 0.5) is 0 Å². The number of nitrogens with two attached hydrogens (primary N) is 2. The van der Waals surface area contributed by atoms with Crippen molar-refractivity contribution in [3.05, 3.63) is 35.9 Å². The number of unbranched alkanes of at least 4 members (excludes halogenated alkanes) is 1. The number of benzene rings is 1. The van der Waals surface area contributed by atoms with Gasteiger partial charge in [-0.2, -0.15) is 0 Å². The van der Waals surface area contributed by atoms with Crippen LogP contribution in [0, 0.1) is 0 Å². The topological polar surface area (TPSA) is 61.3 Å². The lowest BCUT2D eigenvalue weighted by atomic mass is 10.1. The lowest BCUT2D eigenvalue weighted by Gasteiger charge is -2.11. The first-order valence-corrected chi connectivity index (χ1v) is 5.90. The van der Waals surface area contributed by atoms with Gasteiger partial charge < -0.3 is 16.2 Å². The maximum absolute atomic E-state index is 5.91. The van der Waals surface area contributed by atoms with Crippen LogP contribution in [-0.4, -0.2) is 19.2 Å². The van der Waals surface area contributed by atoms with Crippen molar-refractivity contribution in [1.82, 2.24) is 0 Å². The maximum Gasteiger partial charge on any atom is 0.0717 e. The van der Waals surface area contributed by atoms with E-state index in [0.717, 1.165) is 25.8 Å². The zero-order chi connectivity index (χ0) is 11.6. The van der Waals surface area contributed by atoms with Crippen molar-refractivity contribution < 1.29 is 4.74 Å². The molecule has 0 spiro atoms. The summed E-state index contributed by atoms with van der Waals surface area (Å²) in [5.41, 5.74) is 12.5. The van der Waals surface area contributed by atoms with Gasteiger partial charge in [0.1, 0.15) is 0 Å². The summed E-state index contributed by atoms with van der Waals surface area (Å²) in [5.74, 6) is 0. The Balaban J connectivity index is 2.06. The molecule has 16 heavy (non-hydrogen) atoms. The fourth-order valence-electron chi connectivity index (χ4n) is 1.54. The van der Waals surface area contributed by atoms with Crippen LogP contribution >= 0.6 is 0 Å². The van der Waals surface area contributed by atoms with Crippen molar-refractivity contribution in [2.24, 2.45) is 11.5 Å². The number of ether oxygens (including phenoxy) is 1. The third kappa shape index (κ3) is 5.85. The fourth-order valence-corrected chi connectivity index (χ4v) is 1.54. The van der Waals surface area contributed by atoms with E-state index in [4.69, 9.17) is 16.2 Å². The van der Waals surface area contributed by atoms with Gasteiger partial charge in [-0.3, -0.25) is 0 Å². The predicted octanol–water partition coefficient (Wildman–Crippen LogP) is 1.66. The minimum Gasteiger partial charge on any atom is -0.375 e. The second-order valence-corrected chi connectivity index (χ2v) is 4.05. The molecule has 4 N–H and O–H groups in total. The Hall–Kier alpha value is -0.900. The van der Waals surface area contributed by atoms with E-state index in [1.807, 2.05) is 18.2 Å². The van der Waals surface area contributed by atoms with E-state index >= 15 is 0 Å². The molecule has 0 aliphatic heterocycles. The summed E-state index contributed by atoms with van der Waals surface area (Å²) in [6.07, 6.45) is 3.13. The minimum atomic E-state index is 0.135. The number of hydrogen-bond acceptors (Lipinski definition) is 3. The smallest absolute Gasteiger partial charge is 0.0717 e. The summed E-state index contributed by atoms with van der Waals surface area (Å²) in [5, 5.41) is 0. The van der Waals surface area contributed by atoms with Gasteiger partial charge >= 0.3 is 0 Å². The van der Waals surface area contributed by atoms with Crippen LogP contribution in [-0.2, 0) is 11.3 Å². The van der Waals surface area contributed by atoms with Gasteiger partial charge in [-0.15, -0.1) is 0 Å². The molecule has 0 saturated heterocycles. The maximum atomic E-state index is 5.91. The van der Waals surface area contributed by atoms with Gasteiger partial charge in [-0.1, -0.05) is 36.8 Å². The van der Waals surface area contributed by atoms with E-state index in [-0.39, 0.29) is 6.04 Å². The van der Waals surface area contributed by atoms with Crippen molar-refractivity contribution >= 4 is 0 Å². The van der Waals surface area contributed by atoms with Crippen molar-refractivity contribution in [2.45, 2.75) is 31.9 Å².